The summed E-state index contributed by atoms with van der Waals surface area (Å²) in [6, 6.07) is 0.0661. The molecule has 0 radical (unpaired) electrons. The fourth-order valence-corrected chi connectivity index (χ4v) is 3.13. The van der Waals surface area contributed by atoms with Crippen molar-refractivity contribution in [3.05, 3.63) is 0 Å². The molecule has 2 rings (SSSR count). The van der Waals surface area contributed by atoms with Crippen LogP contribution in [0, 0.1) is 0 Å². The highest BCUT2D eigenvalue weighted by Gasteiger charge is 2.25. The summed E-state index contributed by atoms with van der Waals surface area (Å²) in [6.45, 7) is 12.2. The first kappa shape index (κ1) is 16.5. The lowest BCUT2D eigenvalue weighted by atomic mass is 10.1. The first-order valence-electron chi connectivity index (χ1n) is 7.98. The lowest BCUT2D eigenvalue weighted by Crippen LogP contribution is -2.55. The van der Waals surface area contributed by atoms with E-state index in [2.05, 4.69) is 26.8 Å². The Hall–Kier alpha value is -0.890. The third-order valence-corrected chi connectivity index (χ3v) is 4.53. The van der Waals surface area contributed by atoms with Crippen LogP contribution in [-0.2, 0) is 4.74 Å². The van der Waals surface area contributed by atoms with Crippen LogP contribution in [0.5, 0.6) is 0 Å². The van der Waals surface area contributed by atoms with E-state index in [0.717, 1.165) is 72.0 Å². The molecule has 0 aromatic heterocycles. The van der Waals surface area contributed by atoms with E-state index in [1.807, 2.05) is 0 Å². The number of ether oxygens (including phenoxy) is 1. The van der Waals surface area contributed by atoms with Crippen molar-refractivity contribution in [3.8, 4) is 0 Å². The number of amidine groups is 1. The van der Waals surface area contributed by atoms with Gasteiger partial charge in [-0.25, -0.2) is 0 Å². The monoisotopic (exact) mass is 299 g/mol. The van der Waals surface area contributed by atoms with Gasteiger partial charge in [0.25, 0.3) is 0 Å². The quantitative estimate of drug-likeness (QED) is 0.297. The predicted molar refractivity (Wildman–Crippen MR) is 82.8 cm³/mol. The molecule has 1 atom stereocenters. The number of rotatable bonds is 6. The number of oxime groups is 1. The number of nitrogens with two attached hydrogens (primary N) is 1. The number of nitrogens with zero attached hydrogens (tertiary/aromatic N) is 4. The second-order valence-electron chi connectivity index (χ2n) is 5.78. The van der Waals surface area contributed by atoms with Crippen LogP contribution >= 0.6 is 0 Å². The van der Waals surface area contributed by atoms with Crippen molar-refractivity contribution in [2.45, 2.75) is 19.4 Å². The predicted octanol–water partition coefficient (Wildman–Crippen LogP) is -0.539. The van der Waals surface area contributed by atoms with Crippen molar-refractivity contribution < 1.29 is 9.94 Å². The van der Waals surface area contributed by atoms with Crippen LogP contribution in [0.3, 0.4) is 0 Å². The fraction of sp³-hybridized carbons (Fsp3) is 0.929. The molecule has 2 fully saturated rings. The van der Waals surface area contributed by atoms with Gasteiger partial charge in [-0.15, -0.1) is 0 Å². The zero-order chi connectivity index (χ0) is 15.1. The maximum absolute atomic E-state index is 8.86. The smallest absolute Gasteiger partial charge is 0.156 e. The lowest BCUT2D eigenvalue weighted by molar-refractivity contribution is 0.0291. The molecule has 0 saturated carbocycles. The van der Waals surface area contributed by atoms with Gasteiger partial charge < -0.3 is 15.7 Å². The van der Waals surface area contributed by atoms with Gasteiger partial charge in [0.15, 0.2) is 5.84 Å². The summed E-state index contributed by atoms with van der Waals surface area (Å²) < 4.78 is 5.37. The molecule has 2 saturated heterocycles. The molecule has 7 nitrogen and oxygen atoms in total. The van der Waals surface area contributed by atoms with Crippen LogP contribution in [0.4, 0.5) is 0 Å². The summed E-state index contributed by atoms with van der Waals surface area (Å²) in [6.07, 6.45) is 0.879. The minimum atomic E-state index is 0.0661. The Morgan fingerprint density at radius 3 is 2.19 bits per heavy atom. The molecule has 0 spiro atoms. The summed E-state index contributed by atoms with van der Waals surface area (Å²) in [5.41, 5.74) is 5.78. The van der Waals surface area contributed by atoms with E-state index in [1.165, 1.54) is 0 Å². The zero-order valence-corrected chi connectivity index (χ0v) is 13.1. The van der Waals surface area contributed by atoms with E-state index >= 15 is 0 Å². The van der Waals surface area contributed by atoms with E-state index in [9.17, 15) is 0 Å². The van der Waals surface area contributed by atoms with Gasteiger partial charge in [0, 0.05) is 52.4 Å². The number of hydrogen-bond acceptors (Lipinski definition) is 6. The zero-order valence-electron chi connectivity index (χ0n) is 13.1. The Bertz CT molecular complexity index is 325. The van der Waals surface area contributed by atoms with E-state index < -0.39 is 0 Å². The number of piperazine rings is 1. The molecular weight excluding hydrogens is 270 g/mol. The lowest BCUT2D eigenvalue weighted by Gasteiger charge is -2.39. The van der Waals surface area contributed by atoms with Crippen molar-refractivity contribution in [2.75, 3.05) is 65.6 Å². The molecule has 0 amide bonds. The molecule has 122 valence electrons. The van der Waals surface area contributed by atoms with Gasteiger partial charge in [-0.3, -0.25) is 14.7 Å². The van der Waals surface area contributed by atoms with Crippen LogP contribution < -0.4 is 5.73 Å². The maximum Gasteiger partial charge on any atom is 0.156 e. The summed E-state index contributed by atoms with van der Waals surface area (Å²) >= 11 is 0. The standard InChI is InChI=1S/C14H29N5O2/c1-2-13(14(15)16-20)19-7-5-17(6-8-19)3-4-18-9-11-21-12-10-18/h13,20H,2-12H2,1H3,(H2,15,16). The molecule has 2 aliphatic heterocycles. The van der Waals surface area contributed by atoms with Crippen LogP contribution in [-0.4, -0.2) is 97.4 Å². The minimum absolute atomic E-state index is 0.0661. The van der Waals surface area contributed by atoms with Gasteiger partial charge >= 0.3 is 0 Å². The molecule has 3 N–H and O–H groups in total. The molecule has 0 aromatic rings. The molecule has 7 heteroatoms. The SMILES string of the molecule is CCC(C(N)=NO)N1CCN(CCN2CCOCC2)CC1. The molecule has 21 heavy (non-hydrogen) atoms. The Balaban J connectivity index is 1.70. The summed E-state index contributed by atoms with van der Waals surface area (Å²) in [5, 5.41) is 12.0. The van der Waals surface area contributed by atoms with Crippen molar-refractivity contribution in [2.24, 2.45) is 10.9 Å². The maximum atomic E-state index is 8.86. The van der Waals surface area contributed by atoms with Crippen molar-refractivity contribution in [1.29, 1.82) is 0 Å². The summed E-state index contributed by atoms with van der Waals surface area (Å²) in [4.78, 5) is 7.30. The van der Waals surface area contributed by atoms with Gasteiger partial charge in [0.2, 0.25) is 0 Å². The molecule has 2 aliphatic rings. The number of hydrogen-bond donors (Lipinski definition) is 2. The highest BCUT2D eigenvalue weighted by atomic mass is 16.5. The number of morpholine rings is 1. The third kappa shape index (κ3) is 4.81. The Labute approximate surface area is 127 Å². The van der Waals surface area contributed by atoms with Crippen LogP contribution in [0.1, 0.15) is 13.3 Å². The molecule has 2 heterocycles. The first-order valence-corrected chi connectivity index (χ1v) is 7.98. The van der Waals surface area contributed by atoms with Crippen LogP contribution in [0.25, 0.3) is 0 Å². The van der Waals surface area contributed by atoms with E-state index in [4.69, 9.17) is 15.7 Å². The fourth-order valence-electron chi connectivity index (χ4n) is 3.13. The highest BCUT2D eigenvalue weighted by molar-refractivity contribution is 5.85. The van der Waals surface area contributed by atoms with Crippen molar-refractivity contribution in [1.82, 2.24) is 14.7 Å². The van der Waals surface area contributed by atoms with Crippen molar-refractivity contribution >= 4 is 5.84 Å². The molecule has 0 bridgehead atoms. The third-order valence-electron chi connectivity index (χ3n) is 4.53. The van der Waals surface area contributed by atoms with Gasteiger partial charge in [0.1, 0.15) is 0 Å². The van der Waals surface area contributed by atoms with Crippen LogP contribution in [0.15, 0.2) is 5.16 Å². The minimum Gasteiger partial charge on any atom is -0.409 e. The van der Waals surface area contributed by atoms with Gasteiger partial charge in [-0.05, 0) is 6.42 Å². The average molecular weight is 299 g/mol. The summed E-state index contributed by atoms with van der Waals surface area (Å²) in [7, 11) is 0. The Morgan fingerprint density at radius 2 is 1.67 bits per heavy atom. The van der Waals surface area contributed by atoms with E-state index in [1.54, 1.807) is 0 Å². The van der Waals surface area contributed by atoms with Gasteiger partial charge in [-0.1, -0.05) is 12.1 Å². The van der Waals surface area contributed by atoms with Gasteiger partial charge in [-0.2, -0.15) is 0 Å². The largest absolute Gasteiger partial charge is 0.409 e. The van der Waals surface area contributed by atoms with E-state index in [0.29, 0.717) is 5.84 Å². The topological polar surface area (TPSA) is 77.6 Å². The second kappa shape index (κ2) is 8.53. The summed E-state index contributed by atoms with van der Waals surface area (Å²) in [5.74, 6) is 0.333. The average Bonchev–Trinajstić information content (AvgIpc) is 2.55. The van der Waals surface area contributed by atoms with Crippen LogP contribution in [0.2, 0.25) is 0 Å². The highest BCUT2D eigenvalue weighted by Crippen LogP contribution is 2.10. The molecular formula is C14H29N5O2. The Morgan fingerprint density at radius 1 is 1.10 bits per heavy atom. The van der Waals surface area contributed by atoms with Gasteiger partial charge in [0.05, 0.1) is 19.3 Å². The van der Waals surface area contributed by atoms with E-state index in [-0.39, 0.29) is 6.04 Å². The second-order valence-corrected chi connectivity index (χ2v) is 5.78. The normalized spacial score (nSPS) is 25.1. The molecule has 1 unspecified atom stereocenters. The molecule has 0 aliphatic carbocycles. The molecule has 0 aromatic carbocycles. The first-order chi connectivity index (χ1) is 10.2. The Kier molecular flexibility index (Phi) is 6.69. The van der Waals surface area contributed by atoms with Crippen molar-refractivity contribution in [3.63, 3.8) is 0 Å².